The summed E-state index contributed by atoms with van der Waals surface area (Å²) in [6.45, 7) is 19.8. The van der Waals surface area contributed by atoms with Crippen molar-refractivity contribution in [2.45, 2.75) is 176 Å². The van der Waals surface area contributed by atoms with Crippen LogP contribution in [0.2, 0.25) is 0 Å². The van der Waals surface area contributed by atoms with Crippen LogP contribution in [0.5, 0.6) is 5.75 Å². The fourth-order valence-electron chi connectivity index (χ4n) is 10.9. The van der Waals surface area contributed by atoms with Crippen LogP contribution in [-0.2, 0) is 63.9 Å². The van der Waals surface area contributed by atoms with Gasteiger partial charge in [0.15, 0.2) is 6.10 Å². The molecule has 1 aromatic carbocycles. The van der Waals surface area contributed by atoms with Crippen LogP contribution in [0.25, 0.3) is 0 Å². The molecule has 2 aliphatic rings. The summed E-state index contributed by atoms with van der Waals surface area (Å²) in [6, 6.07) is -3.80. The Morgan fingerprint density at radius 3 is 1.64 bits per heavy atom. The van der Waals surface area contributed by atoms with E-state index in [1.807, 2.05) is 0 Å². The number of amides is 9. The molecule has 1 aromatic rings. The summed E-state index contributed by atoms with van der Waals surface area (Å²) in [4.78, 5) is 166. The molecule has 4 N–H and O–H groups in total. The van der Waals surface area contributed by atoms with Crippen LogP contribution in [0.15, 0.2) is 24.3 Å². The number of hydrogen-bond donors (Lipinski definition) is 4. The van der Waals surface area contributed by atoms with E-state index in [1.165, 1.54) is 57.0 Å². The number of aliphatic carboxylic acids is 1. The van der Waals surface area contributed by atoms with Gasteiger partial charge in [-0.2, -0.15) is 0 Å². The monoisotopic (exact) mass is 1140 g/mol. The minimum Gasteiger partial charge on any atom is -0.497 e. The van der Waals surface area contributed by atoms with E-state index in [0.717, 1.165) is 14.7 Å². The molecule has 0 aromatic heterocycles. The second kappa shape index (κ2) is 30.3. The Bertz CT molecular complexity index is 2410. The summed E-state index contributed by atoms with van der Waals surface area (Å²) in [5.74, 6) is -12.1. The summed E-state index contributed by atoms with van der Waals surface area (Å²) >= 11 is 0. The number of rotatable bonds is 12. The van der Waals surface area contributed by atoms with Gasteiger partial charge in [0.25, 0.3) is 5.91 Å². The molecule has 81 heavy (non-hydrogen) atoms. The zero-order valence-corrected chi connectivity index (χ0v) is 51.1. The first-order valence-electron chi connectivity index (χ1n) is 28.3. The highest BCUT2D eigenvalue weighted by Crippen LogP contribution is 2.27. The molecule has 0 unspecified atom stereocenters. The lowest BCUT2D eigenvalue weighted by Crippen LogP contribution is -2.63. The van der Waals surface area contributed by atoms with E-state index in [-0.39, 0.29) is 19.4 Å². The minimum atomic E-state index is -1.69. The van der Waals surface area contributed by atoms with E-state index in [0.29, 0.717) is 30.6 Å². The van der Waals surface area contributed by atoms with Crippen LogP contribution < -0.4 is 20.7 Å². The first-order valence-corrected chi connectivity index (χ1v) is 28.3. The number of piperidine rings is 1. The van der Waals surface area contributed by atoms with Crippen molar-refractivity contribution in [1.82, 2.24) is 45.3 Å². The number of esters is 1. The molecule has 23 heteroatoms. The number of methoxy groups -OCH3 is 1. The number of nitrogens with one attached hydrogen (secondary N) is 3. The summed E-state index contributed by atoms with van der Waals surface area (Å²) < 4.78 is 11.4. The third kappa shape index (κ3) is 17.1. The van der Waals surface area contributed by atoms with Gasteiger partial charge >= 0.3 is 11.9 Å². The number of benzene rings is 1. The van der Waals surface area contributed by atoms with Gasteiger partial charge in [-0.25, -0.2) is 4.79 Å². The number of fused-ring (bicyclic) bond motifs is 1. The Kier molecular flexibility index (Phi) is 25.6. The Balaban J connectivity index is 2.30. The molecule has 3 rings (SSSR count). The van der Waals surface area contributed by atoms with Crippen LogP contribution in [0.1, 0.15) is 121 Å². The summed E-state index contributed by atoms with van der Waals surface area (Å²) in [7, 11) is 8.22. The van der Waals surface area contributed by atoms with Gasteiger partial charge in [-0.05, 0) is 72.5 Å². The van der Waals surface area contributed by atoms with Crippen LogP contribution in [0.4, 0.5) is 0 Å². The van der Waals surface area contributed by atoms with Crippen molar-refractivity contribution >= 4 is 65.1 Å². The standard InChI is InChI=1S/C58H93N9O14/c1-19-36(12)48-56(77)65(16)45(32(4)5)50(71)59-30-42(68)63(14)46(33(6)7)51(72)60-39(28-37-23-25-38(80-18)26-24-37)58(79)81-49(35(10)11)57(78)67-27-21-20-22-40(67)53(74)64(15)47(34(8)9)52(73)61-44(31(2)3)55(76)62(13)41(29-43(69)70)54(75)66(48)17/h23-26,31-36,39-41,44-49H,19-22,27-30H2,1-18H3,(H,59,71)(H,60,72)(H,61,73)(H,69,70)/t36-,39-,40-,41-,44-,45-,46-,47-,48-,49+/m0/s1. The molecule has 0 saturated carbocycles. The third-order valence-corrected chi connectivity index (χ3v) is 15.7. The number of carboxylic acid groups (broad SMARTS) is 1. The van der Waals surface area contributed by atoms with E-state index >= 15 is 0 Å². The Labute approximate surface area is 478 Å². The van der Waals surface area contributed by atoms with Crippen molar-refractivity contribution < 1.29 is 67.3 Å². The van der Waals surface area contributed by atoms with Crippen molar-refractivity contribution in [3.63, 3.8) is 0 Å². The van der Waals surface area contributed by atoms with Gasteiger partial charge in [-0.1, -0.05) is 102 Å². The number of cyclic esters (lactones) is 1. The Morgan fingerprint density at radius 2 is 1.14 bits per heavy atom. The Hall–Kier alpha value is -6.81. The molecule has 0 bridgehead atoms. The molecular formula is C58H93N9O14. The zero-order chi connectivity index (χ0) is 61.7. The van der Waals surface area contributed by atoms with Crippen LogP contribution in [0.3, 0.4) is 0 Å². The van der Waals surface area contributed by atoms with Crippen molar-refractivity contribution in [1.29, 1.82) is 0 Å². The SMILES string of the molecule is CC[C@H](C)[C@H]1C(=O)N(C)[C@@H](C(C)C)C(=O)NCC(=O)N(C)[C@@H](C(C)C)C(=O)N[C@@H](Cc2ccc(OC)cc2)C(=O)O[C@H](C(C)C)C(=O)N2CCCC[C@H]2C(=O)N(C)[C@@H](C(C)C)C(=O)N[C@@H](C(C)C)C(=O)N(C)[C@@H](CC(=O)O)C(=O)N1C. The highest BCUT2D eigenvalue weighted by atomic mass is 16.6. The average Bonchev–Trinajstić information content (AvgIpc) is 3.40. The van der Waals surface area contributed by atoms with Gasteiger partial charge < -0.3 is 59.9 Å². The van der Waals surface area contributed by atoms with E-state index in [1.54, 1.807) is 107 Å². The number of likely N-dealkylation sites (N-methyl/N-ethyl adjacent to an activating group) is 5. The molecule has 2 heterocycles. The first kappa shape index (κ1) is 68.5. The zero-order valence-electron chi connectivity index (χ0n) is 51.1. The van der Waals surface area contributed by atoms with Crippen molar-refractivity contribution in [3.05, 3.63) is 29.8 Å². The van der Waals surface area contributed by atoms with Crippen molar-refractivity contribution in [2.75, 3.05) is 55.4 Å². The lowest BCUT2D eigenvalue weighted by molar-refractivity contribution is -0.169. The molecule has 0 aliphatic carbocycles. The average molecular weight is 1140 g/mol. The maximum atomic E-state index is 14.9. The van der Waals surface area contributed by atoms with E-state index < -0.39 is 168 Å². The molecule has 2 fully saturated rings. The molecule has 9 amide bonds. The van der Waals surface area contributed by atoms with Gasteiger partial charge in [0.1, 0.15) is 54.1 Å². The number of carbonyl (C=O) groups excluding carboxylic acids is 10. The first-order chi connectivity index (χ1) is 37.7. The van der Waals surface area contributed by atoms with Crippen LogP contribution in [-0.4, -0.2) is 209 Å². The lowest BCUT2D eigenvalue weighted by Gasteiger charge is -2.41. The number of carboxylic acids is 1. The molecule has 10 atom stereocenters. The summed E-state index contributed by atoms with van der Waals surface area (Å²) in [5, 5.41) is 18.4. The molecule has 2 saturated heterocycles. The minimum absolute atomic E-state index is 0.105. The van der Waals surface area contributed by atoms with E-state index in [2.05, 4.69) is 16.0 Å². The topological polar surface area (TPSA) is 282 Å². The number of ether oxygens (including phenoxy) is 2. The fraction of sp³-hybridized carbons (Fsp3) is 0.707. The van der Waals surface area contributed by atoms with Crippen LogP contribution in [0, 0.1) is 35.5 Å². The van der Waals surface area contributed by atoms with Crippen molar-refractivity contribution in [3.8, 4) is 5.75 Å². The molecule has 0 radical (unpaired) electrons. The number of nitrogens with zero attached hydrogens (tertiary/aromatic N) is 6. The normalized spacial score (nSPS) is 26.3. The quantitative estimate of drug-likeness (QED) is 0.219. The molecule has 23 nitrogen and oxygen atoms in total. The van der Waals surface area contributed by atoms with Crippen LogP contribution >= 0.6 is 0 Å². The fourth-order valence-corrected chi connectivity index (χ4v) is 10.9. The molecular weight excluding hydrogens is 1050 g/mol. The maximum absolute atomic E-state index is 14.9. The smallest absolute Gasteiger partial charge is 0.329 e. The summed E-state index contributed by atoms with van der Waals surface area (Å²) in [6.07, 6.45) is -0.870. The molecule has 2 aliphatic heterocycles. The third-order valence-electron chi connectivity index (χ3n) is 15.7. The predicted molar refractivity (Wildman–Crippen MR) is 301 cm³/mol. The van der Waals surface area contributed by atoms with Crippen molar-refractivity contribution in [2.24, 2.45) is 35.5 Å². The van der Waals surface area contributed by atoms with Gasteiger partial charge in [0.05, 0.1) is 20.1 Å². The highest BCUT2D eigenvalue weighted by molar-refractivity contribution is 5.99. The van der Waals surface area contributed by atoms with Gasteiger partial charge in [-0.3, -0.25) is 47.9 Å². The largest absolute Gasteiger partial charge is 0.497 e. The highest BCUT2D eigenvalue weighted by Gasteiger charge is 2.46. The van der Waals surface area contributed by atoms with Gasteiger partial charge in [0, 0.05) is 48.2 Å². The summed E-state index contributed by atoms with van der Waals surface area (Å²) in [5.41, 5.74) is 0.583. The molecule has 454 valence electrons. The van der Waals surface area contributed by atoms with E-state index in [4.69, 9.17) is 9.47 Å². The number of hydrogen-bond acceptors (Lipinski definition) is 13. The molecule has 0 spiro atoms. The van der Waals surface area contributed by atoms with Gasteiger partial charge in [-0.15, -0.1) is 0 Å². The second-order valence-electron chi connectivity index (χ2n) is 23.5. The second-order valence-corrected chi connectivity index (χ2v) is 23.5. The van der Waals surface area contributed by atoms with Gasteiger partial charge in [0.2, 0.25) is 47.3 Å². The van der Waals surface area contributed by atoms with E-state index in [9.17, 15) is 57.8 Å². The maximum Gasteiger partial charge on any atom is 0.329 e. The number of carbonyl (C=O) groups is 11. The lowest BCUT2D eigenvalue weighted by atomic mass is 9.93. The predicted octanol–water partition coefficient (Wildman–Crippen LogP) is 2.57. The Morgan fingerprint density at radius 1 is 0.617 bits per heavy atom.